The molecule has 0 amide bonds. The van der Waals surface area contributed by atoms with Crippen LogP contribution in [0.25, 0.3) is 28.9 Å². The van der Waals surface area contributed by atoms with E-state index in [4.69, 9.17) is 0 Å². The topological polar surface area (TPSA) is 15.3 Å². The summed E-state index contributed by atoms with van der Waals surface area (Å²) in [6.45, 7) is 18.6. The lowest BCUT2D eigenvalue weighted by Crippen LogP contribution is -2.40. The number of nitrogens with zero attached hydrogens (tertiary/aromatic N) is 1. The molecule has 5 rings (SSSR count). The van der Waals surface area contributed by atoms with Gasteiger partial charge in [0, 0.05) is 6.54 Å². The molecule has 0 spiro atoms. The molecule has 3 aromatic carbocycles. The lowest BCUT2D eigenvalue weighted by Gasteiger charge is -2.33. The summed E-state index contributed by atoms with van der Waals surface area (Å²) in [6.07, 6.45) is 12.1. The molecule has 0 radical (unpaired) electrons. The molecule has 0 saturated carbocycles. The zero-order valence-corrected chi connectivity index (χ0v) is 23.9. The predicted octanol–water partition coefficient (Wildman–Crippen LogP) is 9.41. The fourth-order valence-corrected chi connectivity index (χ4v) is 6.19. The molecular weight excluding hydrogens is 496 g/mol. The molecule has 2 aliphatic heterocycles. The molecule has 2 saturated heterocycles. The Morgan fingerprint density at radius 2 is 1.37 bits per heavy atom. The van der Waals surface area contributed by atoms with Crippen LogP contribution < -0.4 is 5.32 Å². The van der Waals surface area contributed by atoms with E-state index in [0.717, 1.165) is 45.5 Å². The van der Waals surface area contributed by atoms with Gasteiger partial charge in [-0.15, -0.1) is 0 Å². The van der Waals surface area contributed by atoms with Crippen LogP contribution in [0.3, 0.4) is 0 Å². The normalized spacial score (nSPS) is 20.1. The first-order chi connectivity index (χ1) is 20.1. The fourth-order valence-electron chi connectivity index (χ4n) is 6.19. The van der Waals surface area contributed by atoms with E-state index >= 15 is 0 Å². The second kappa shape index (κ2) is 13.4. The third-order valence-corrected chi connectivity index (χ3v) is 8.20. The standard InChI is InChI=1S/C39H40N2/c1-5-33-34(6-2)36(31-19-11-9-12-20-31)24-16-8-7-15-23-35(33)29(3)26-27-30(4)38-39(32-21-13-10-14-22-32)41-28-18-17-25-37(41)40-38/h5-16,19-24,26-27,37-40H,1-4,17-18,25,28H2/b8-7?,15-7?,16-8?,23-15?,24-16?,27-26-,34-33?,35-23?,35-33?,36-24?,36-34?. The van der Waals surface area contributed by atoms with E-state index in [1.807, 2.05) is 36.4 Å². The van der Waals surface area contributed by atoms with Gasteiger partial charge in [0.2, 0.25) is 0 Å². The summed E-state index contributed by atoms with van der Waals surface area (Å²) in [4.78, 5) is 2.63. The molecule has 1 N–H and O–H groups in total. The van der Waals surface area contributed by atoms with Gasteiger partial charge in [-0.05, 0) is 63.8 Å². The first-order valence-electron chi connectivity index (χ1n) is 14.6. The highest BCUT2D eigenvalue weighted by Crippen LogP contribution is 2.39. The van der Waals surface area contributed by atoms with Crippen molar-refractivity contribution in [3.8, 4) is 11.1 Å². The summed E-state index contributed by atoms with van der Waals surface area (Å²) in [6, 6.07) is 34.1. The number of hydrogen-bond donors (Lipinski definition) is 1. The maximum Gasteiger partial charge on any atom is 0.0608 e. The molecule has 0 aromatic heterocycles. The lowest BCUT2D eigenvalue weighted by atomic mass is 9.91. The molecule has 41 heavy (non-hydrogen) atoms. The van der Waals surface area contributed by atoms with Crippen LogP contribution in [-0.4, -0.2) is 23.7 Å². The van der Waals surface area contributed by atoms with Crippen molar-refractivity contribution < 1.29 is 0 Å². The monoisotopic (exact) mass is 536 g/mol. The van der Waals surface area contributed by atoms with Crippen molar-refractivity contribution in [1.82, 2.24) is 10.2 Å². The predicted molar refractivity (Wildman–Crippen MR) is 177 cm³/mol. The zero-order valence-electron chi connectivity index (χ0n) is 23.9. The molecule has 3 unspecified atom stereocenters. The van der Waals surface area contributed by atoms with Crippen molar-refractivity contribution in [3.63, 3.8) is 0 Å². The highest BCUT2D eigenvalue weighted by Gasteiger charge is 2.42. The number of allylic oxidation sites excluding steroid dienone is 2. The summed E-state index contributed by atoms with van der Waals surface area (Å²) in [5.41, 5.74) is 8.53. The number of rotatable bonds is 8. The van der Waals surface area contributed by atoms with Crippen LogP contribution in [0.4, 0.5) is 0 Å². The minimum atomic E-state index is 0.137. The Bertz CT molecular complexity index is 1500. The van der Waals surface area contributed by atoms with Crippen molar-refractivity contribution in [3.05, 3.63) is 163 Å². The van der Waals surface area contributed by atoms with Crippen LogP contribution in [0.5, 0.6) is 0 Å². The van der Waals surface area contributed by atoms with Gasteiger partial charge in [0.25, 0.3) is 0 Å². The number of nitrogens with one attached hydrogen (secondary N) is 1. The molecule has 206 valence electrons. The molecule has 2 heteroatoms. The van der Waals surface area contributed by atoms with Gasteiger partial charge in [0.1, 0.15) is 0 Å². The highest BCUT2D eigenvalue weighted by molar-refractivity contribution is 5.86. The van der Waals surface area contributed by atoms with E-state index in [0.29, 0.717) is 6.17 Å². The van der Waals surface area contributed by atoms with Gasteiger partial charge in [0.15, 0.2) is 0 Å². The summed E-state index contributed by atoms with van der Waals surface area (Å²) >= 11 is 0. The van der Waals surface area contributed by atoms with E-state index < -0.39 is 0 Å². The molecule has 0 bridgehead atoms. The Kier molecular flexibility index (Phi) is 9.26. The van der Waals surface area contributed by atoms with Crippen LogP contribution in [0.15, 0.2) is 141 Å². The maximum atomic E-state index is 4.55. The van der Waals surface area contributed by atoms with E-state index in [2.05, 4.69) is 121 Å². The average molecular weight is 537 g/mol. The van der Waals surface area contributed by atoms with Crippen LogP contribution >= 0.6 is 0 Å². The maximum absolute atomic E-state index is 4.55. The van der Waals surface area contributed by atoms with Crippen LogP contribution in [-0.2, 0) is 0 Å². The molecule has 3 aromatic rings. The average Bonchev–Trinajstić information content (AvgIpc) is 3.42. The van der Waals surface area contributed by atoms with Gasteiger partial charge >= 0.3 is 0 Å². The van der Waals surface area contributed by atoms with Gasteiger partial charge in [-0.2, -0.15) is 0 Å². The minimum Gasteiger partial charge on any atom is -0.293 e. The van der Waals surface area contributed by atoms with Gasteiger partial charge in [-0.1, -0.05) is 148 Å². The van der Waals surface area contributed by atoms with E-state index in [1.54, 1.807) is 0 Å². The van der Waals surface area contributed by atoms with Gasteiger partial charge in [-0.25, -0.2) is 0 Å². The van der Waals surface area contributed by atoms with E-state index in [9.17, 15) is 0 Å². The first kappa shape index (κ1) is 28.3. The zero-order chi connectivity index (χ0) is 28.6. The van der Waals surface area contributed by atoms with Crippen molar-refractivity contribution in [2.45, 2.75) is 37.5 Å². The van der Waals surface area contributed by atoms with Crippen LogP contribution in [0.1, 0.15) is 47.6 Å². The van der Waals surface area contributed by atoms with Crippen LogP contribution in [0.2, 0.25) is 0 Å². The second-order valence-corrected chi connectivity index (χ2v) is 10.7. The van der Waals surface area contributed by atoms with E-state index in [-0.39, 0.29) is 12.1 Å². The quantitative estimate of drug-likeness (QED) is 0.289. The lowest BCUT2D eigenvalue weighted by molar-refractivity contribution is 0.142. The Hall–Kier alpha value is -4.24. The Morgan fingerprint density at radius 3 is 2.07 bits per heavy atom. The van der Waals surface area contributed by atoms with Crippen molar-refractivity contribution in [2.75, 3.05) is 6.54 Å². The van der Waals surface area contributed by atoms with Gasteiger partial charge in [-0.3, -0.25) is 10.2 Å². The van der Waals surface area contributed by atoms with E-state index in [1.165, 1.54) is 24.8 Å². The summed E-state index contributed by atoms with van der Waals surface area (Å²) < 4.78 is 0. The second-order valence-electron chi connectivity index (χ2n) is 10.7. The molecule has 0 aliphatic carbocycles. The molecule has 2 fully saturated rings. The van der Waals surface area contributed by atoms with Gasteiger partial charge < -0.3 is 0 Å². The van der Waals surface area contributed by atoms with Crippen molar-refractivity contribution >= 4 is 17.7 Å². The Morgan fingerprint density at radius 1 is 0.732 bits per heavy atom. The number of benzene rings is 2. The third-order valence-electron chi connectivity index (χ3n) is 8.20. The Labute approximate surface area is 246 Å². The largest absolute Gasteiger partial charge is 0.293 e. The molecular formula is C39H40N2. The SMILES string of the molecule is C=Cc1c(C(=C)/C=C\C(=C)C2NC3CCCCN3C2c2ccccc2)ccccccc(-c2ccccc2)c1C=C. The smallest absolute Gasteiger partial charge is 0.0608 e. The molecule has 2 aliphatic rings. The fraction of sp³-hybridized carbons (Fsp3) is 0.179. The number of piperidine rings is 1. The number of fused-ring (bicyclic) bond motifs is 1. The third kappa shape index (κ3) is 6.25. The number of hydrogen-bond acceptors (Lipinski definition) is 2. The van der Waals surface area contributed by atoms with Crippen LogP contribution in [0, 0.1) is 0 Å². The summed E-state index contributed by atoms with van der Waals surface area (Å²) in [5, 5.41) is 3.90. The summed E-state index contributed by atoms with van der Waals surface area (Å²) in [7, 11) is 0. The molecule has 3 atom stereocenters. The minimum absolute atomic E-state index is 0.137. The van der Waals surface area contributed by atoms with Crippen molar-refractivity contribution in [1.29, 1.82) is 0 Å². The first-order valence-corrected chi connectivity index (χ1v) is 14.6. The molecule has 2 heterocycles. The Balaban J connectivity index is 1.52. The highest BCUT2D eigenvalue weighted by atomic mass is 15.4. The summed E-state index contributed by atoms with van der Waals surface area (Å²) in [5.74, 6) is 0. The molecule has 2 nitrogen and oxygen atoms in total. The van der Waals surface area contributed by atoms with Crippen molar-refractivity contribution in [2.24, 2.45) is 0 Å². The van der Waals surface area contributed by atoms with Gasteiger partial charge in [0.05, 0.1) is 18.2 Å².